The second-order valence-corrected chi connectivity index (χ2v) is 20.0. The summed E-state index contributed by atoms with van der Waals surface area (Å²) in [6, 6.07) is -0.999. The Bertz CT molecular complexity index is 913. The minimum atomic E-state index is -1.28. The lowest BCUT2D eigenvalue weighted by atomic mass is 10.00. The van der Waals surface area contributed by atoms with Crippen molar-refractivity contribution in [3.05, 3.63) is 12.2 Å². The van der Waals surface area contributed by atoms with Crippen molar-refractivity contribution in [3.8, 4) is 0 Å². The third-order valence-corrected chi connectivity index (χ3v) is 13.7. The van der Waals surface area contributed by atoms with Gasteiger partial charge in [-0.1, -0.05) is 289 Å². The summed E-state index contributed by atoms with van der Waals surface area (Å²) in [6.07, 6.45) is 61.4. The summed E-state index contributed by atoms with van der Waals surface area (Å²) < 4.78 is 0. The molecule has 0 aromatic carbocycles. The molecule has 0 aliphatic rings. The lowest BCUT2D eigenvalue weighted by Crippen LogP contribution is -2.53. The van der Waals surface area contributed by atoms with Crippen LogP contribution in [0.4, 0.5) is 0 Å². The van der Waals surface area contributed by atoms with Crippen LogP contribution in [-0.2, 0) is 4.79 Å². The number of allylic oxidation sites excluding steroid dienone is 2. The summed E-state index contributed by atoms with van der Waals surface area (Å²) in [5.74, 6) is -0.587. The zero-order chi connectivity index (χ0) is 45.9. The zero-order valence-electron chi connectivity index (χ0n) is 42.6. The van der Waals surface area contributed by atoms with Gasteiger partial charge >= 0.3 is 0 Å². The maximum Gasteiger partial charge on any atom is 0.249 e. The molecule has 0 radical (unpaired) electrons. The van der Waals surface area contributed by atoms with Crippen molar-refractivity contribution in [2.75, 3.05) is 6.61 Å². The molecule has 0 fully saturated rings. The van der Waals surface area contributed by atoms with Gasteiger partial charge < -0.3 is 25.7 Å². The van der Waals surface area contributed by atoms with Crippen LogP contribution < -0.4 is 5.32 Å². The van der Waals surface area contributed by atoms with Crippen LogP contribution in [0.5, 0.6) is 0 Å². The number of hydrogen-bond donors (Lipinski definition) is 5. The first kappa shape index (κ1) is 62.1. The molecule has 6 nitrogen and oxygen atoms in total. The van der Waals surface area contributed by atoms with E-state index in [4.69, 9.17) is 0 Å². The van der Waals surface area contributed by atoms with Gasteiger partial charge in [-0.2, -0.15) is 0 Å². The highest BCUT2D eigenvalue weighted by molar-refractivity contribution is 5.80. The van der Waals surface area contributed by atoms with Gasteiger partial charge in [0, 0.05) is 0 Å². The Balaban J connectivity index is 3.62. The molecular weight excluding hydrogens is 779 g/mol. The third kappa shape index (κ3) is 46.0. The van der Waals surface area contributed by atoms with Crippen molar-refractivity contribution >= 4 is 5.91 Å². The van der Waals surface area contributed by atoms with Gasteiger partial charge in [-0.05, 0) is 38.5 Å². The molecular formula is C57H113NO5. The second-order valence-electron chi connectivity index (χ2n) is 20.0. The number of amides is 1. The van der Waals surface area contributed by atoms with Crippen LogP contribution in [0.25, 0.3) is 0 Å². The van der Waals surface area contributed by atoms with Gasteiger partial charge in [0.15, 0.2) is 0 Å². The Morgan fingerprint density at radius 3 is 0.952 bits per heavy atom. The van der Waals surface area contributed by atoms with Crippen LogP contribution >= 0.6 is 0 Å². The standard InChI is InChI=1S/C57H113NO5/c1-3-5-7-9-11-13-15-17-19-21-23-25-26-27-28-29-30-31-33-34-36-38-40-42-44-46-48-50-54(60)56(62)53(52-59)58-57(63)55(61)51-49-47-45-43-41-39-37-35-32-24-22-20-18-16-14-12-10-8-6-4-2/h42,44,53-56,59-62H,3-41,43,45-52H2,1-2H3,(H,58,63)/b44-42+. The van der Waals surface area contributed by atoms with Gasteiger partial charge in [0.1, 0.15) is 12.2 Å². The summed E-state index contributed by atoms with van der Waals surface area (Å²) in [4.78, 5) is 12.6. The fourth-order valence-corrected chi connectivity index (χ4v) is 9.23. The minimum absolute atomic E-state index is 0.369. The van der Waals surface area contributed by atoms with Crippen LogP contribution in [0, 0.1) is 0 Å². The molecule has 0 bridgehead atoms. The predicted molar refractivity (Wildman–Crippen MR) is 275 cm³/mol. The minimum Gasteiger partial charge on any atom is -0.394 e. The lowest BCUT2D eigenvalue weighted by molar-refractivity contribution is -0.132. The summed E-state index contributed by atoms with van der Waals surface area (Å²) in [5.41, 5.74) is 0. The normalized spacial score (nSPS) is 13.8. The van der Waals surface area contributed by atoms with Crippen molar-refractivity contribution in [2.24, 2.45) is 0 Å². The van der Waals surface area contributed by atoms with E-state index in [1.807, 2.05) is 0 Å². The first-order chi connectivity index (χ1) is 31.0. The molecule has 0 aromatic heterocycles. The van der Waals surface area contributed by atoms with Gasteiger partial charge in [-0.25, -0.2) is 0 Å². The largest absolute Gasteiger partial charge is 0.394 e. The van der Waals surface area contributed by atoms with Crippen LogP contribution in [0.2, 0.25) is 0 Å². The summed E-state index contributed by atoms with van der Waals surface area (Å²) in [6.45, 7) is 4.09. The maximum atomic E-state index is 12.6. The van der Waals surface area contributed by atoms with Crippen molar-refractivity contribution in [1.82, 2.24) is 5.32 Å². The molecule has 0 rings (SSSR count). The van der Waals surface area contributed by atoms with E-state index in [-0.39, 0.29) is 0 Å². The predicted octanol–water partition coefficient (Wildman–Crippen LogP) is 16.5. The Hall–Kier alpha value is -0.950. The average molecular weight is 893 g/mol. The second kappa shape index (κ2) is 52.0. The van der Waals surface area contributed by atoms with E-state index < -0.39 is 36.9 Å². The number of carbonyl (C=O) groups excluding carboxylic acids is 1. The van der Waals surface area contributed by atoms with Gasteiger partial charge in [-0.15, -0.1) is 0 Å². The van der Waals surface area contributed by atoms with Gasteiger partial charge in [0.25, 0.3) is 0 Å². The van der Waals surface area contributed by atoms with Gasteiger partial charge in [0.2, 0.25) is 5.91 Å². The molecule has 0 aliphatic heterocycles. The number of unbranched alkanes of at least 4 members (excludes halogenated alkanes) is 42. The van der Waals surface area contributed by atoms with Crippen LogP contribution in [0.3, 0.4) is 0 Å². The van der Waals surface area contributed by atoms with E-state index in [9.17, 15) is 25.2 Å². The summed E-state index contributed by atoms with van der Waals surface area (Å²) in [7, 11) is 0. The van der Waals surface area contributed by atoms with Gasteiger partial charge in [-0.3, -0.25) is 4.79 Å². The number of aliphatic hydroxyl groups excluding tert-OH is 4. The summed E-state index contributed by atoms with van der Waals surface area (Å²) >= 11 is 0. The van der Waals surface area contributed by atoms with E-state index in [2.05, 4.69) is 31.3 Å². The highest BCUT2D eigenvalue weighted by Gasteiger charge is 2.28. The lowest BCUT2D eigenvalue weighted by Gasteiger charge is -2.27. The first-order valence-corrected chi connectivity index (χ1v) is 28.6. The first-order valence-electron chi connectivity index (χ1n) is 28.6. The molecule has 1 amide bonds. The van der Waals surface area contributed by atoms with Gasteiger partial charge in [0.05, 0.1) is 18.8 Å². The van der Waals surface area contributed by atoms with E-state index in [0.717, 1.165) is 38.5 Å². The molecule has 0 saturated carbocycles. The molecule has 4 unspecified atom stereocenters. The third-order valence-electron chi connectivity index (χ3n) is 13.7. The van der Waals surface area contributed by atoms with Crippen molar-refractivity contribution in [2.45, 2.75) is 340 Å². The van der Waals surface area contributed by atoms with E-state index in [0.29, 0.717) is 12.8 Å². The van der Waals surface area contributed by atoms with Crippen molar-refractivity contribution in [1.29, 1.82) is 0 Å². The zero-order valence-corrected chi connectivity index (χ0v) is 42.6. The number of rotatable bonds is 53. The number of nitrogens with one attached hydrogen (secondary N) is 1. The van der Waals surface area contributed by atoms with E-state index in [1.54, 1.807) is 0 Å². The monoisotopic (exact) mass is 892 g/mol. The molecule has 0 aromatic rings. The molecule has 0 saturated heterocycles. The molecule has 63 heavy (non-hydrogen) atoms. The fourth-order valence-electron chi connectivity index (χ4n) is 9.23. The Kier molecular flexibility index (Phi) is 51.2. The number of aliphatic hydroxyl groups is 4. The average Bonchev–Trinajstić information content (AvgIpc) is 3.29. The smallest absolute Gasteiger partial charge is 0.249 e. The van der Waals surface area contributed by atoms with E-state index >= 15 is 0 Å². The number of carbonyl (C=O) groups is 1. The molecule has 6 heteroatoms. The molecule has 376 valence electrons. The SMILES string of the molecule is CCCCCCCCCCCCCCCCCCCCCCCC/C=C/CCCC(O)C(O)C(CO)NC(=O)C(O)CCCCCCCCCCCCCCCCCCCCCC. The quantitative estimate of drug-likeness (QED) is 0.0309. The maximum absolute atomic E-state index is 12.6. The number of hydrogen-bond acceptors (Lipinski definition) is 5. The fraction of sp³-hybridized carbons (Fsp3) is 0.947. The van der Waals surface area contributed by atoms with Crippen molar-refractivity contribution in [3.63, 3.8) is 0 Å². The summed E-state index contributed by atoms with van der Waals surface area (Å²) in [5, 5.41) is 44.0. The Morgan fingerprint density at radius 1 is 0.381 bits per heavy atom. The van der Waals surface area contributed by atoms with E-state index in [1.165, 1.54) is 250 Å². The molecule has 0 heterocycles. The molecule has 0 spiro atoms. The Labute approximate surface area is 393 Å². The van der Waals surface area contributed by atoms with Crippen LogP contribution in [-0.4, -0.2) is 57.3 Å². The van der Waals surface area contributed by atoms with Crippen LogP contribution in [0.15, 0.2) is 12.2 Å². The highest BCUT2D eigenvalue weighted by Crippen LogP contribution is 2.18. The van der Waals surface area contributed by atoms with Crippen LogP contribution in [0.1, 0.15) is 316 Å². The molecule has 4 atom stereocenters. The molecule has 0 aliphatic carbocycles. The molecule has 5 N–H and O–H groups in total. The highest BCUT2D eigenvalue weighted by atomic mass is 16.3. The topological polar surface area (TPSA) is 110 Å². The van der Waals surface area contributed by atoms with Crippen molar-refractivity contribution < 1.29 is 25.2 Å². The Morgan fingerprint density at radius 2 is 0.651 bits per heavy atom.